The van der Waals surface area contributed by atoms with Gasteiger partial charge in [-0.2, -0.15) is 0 Å². The summed E-state index contributed by atoms with van der Waals surface area (Å²) in [4.78, 5) is 4.23. The fraction of sp³-hybridized carbons (Fsp3) is 0.889. The van der Waals surface area contributed by atoms with E-state index in [0.29, 0.717) is 0 Å². The van der Waals surface area contributed by atoms with Crippen LogP contribution in [0.3, 0.4) is 0 Å². The van der Waals surface area contributed by atoms with E-state index in [1.54, 1.807) is 0 Å². The lowest BCUT2D eigenvalue weighted by molar-refractivity contribution is 0.414. The lowest BCUT2D eigenvalue weighted by atomic mass is 9.99. The predicted molar refractivity (Wildman–Crippen MR) is 51.2 cm³/mol. The summed E-state index contributed by atoms with van der Waals surface area (Å²) in [5.74, 6) is 1.08. The van der Waals surface area contributed by atoms with Gasteiger partial charge in [0.05, 0.1) is 5.84 Å². The van der Waals surface area contributed by atoms with Crippen LogP contribution in [0.25, 0.3) is 0 Å². The Morgan fingerprint density at radius 3 is 2.18 bits per heavy atom. The summed E-state index contributed by atoms with van der Waals surface area (Å²) in [6.07, 6.45) is 1.14. The molecule has 0 aromatic rings. The first-order chi connectivity index (χ1) is 5.10. The molecular weight excluding hydrogens is 136 g/mol. The van der Waals surface area contributed by atoms with Crippen molar-refractivity contribution in [3.8, 4) is 0 Å². The molecule has 2 heteroatoms. The van der Waals surface area contributed by atoms with Crippen LogP contribution in [0.1, 0.15) is 41.0 Å². The molecule has 1 rings (SSSR count). The lowest BCUT2D eigenvalue weighted by Crippen LogP contribution is -2.45. The molecule has 0 amide bonds. The molecule has 0 saturated heterocycles. The van der Waals surface area contributed by atoms with Crippen LogP contribution in [0.5, 0.6) is 0 Å². The van der Waals surface area contributed by atoms with Gasteiger partial charge in [0.2, 0.25) is 0 Å². The summed E-state index contributed by atoms with van der Waals surface area (Å²) in [5.41, 5.74) is 0.270. The Morgan fingerprint density at radius 2 is 1.91 bits per heavy atom. The molecule has 2 nitrogen and oxygen atoms in total. The van der Waals surface area contributed by atoms with Crippen molar-refractivity contribution in [3.63, 3.8) is 0 Å². The first kappa shape index (κ1) is 10.5. The number of nitrogens with one attached hydrogen (secondary N) is 1. The summed E-state index contributed by atoms with van der Waals surface area (Å²) in [6.45, 7) is 11.4. The van der Waals surface area contributed by atoms with E-state index in [1.165, 1.54) is 0 Å². The molecule has 0 saturated carbocycles. The van der Waals surface area contributed by atoms with Crippen molar-refractivity contribution in [1.29, 1.82) is 0 Å². The van der Waals surface area contributed by atoms with E-state index in [9.17, 15) is 0 Å². The molecule has 0 aliphatic carbocycles. The molecule has 1 aliphatic rings. The van der Waals surface area contributed by atoms with Crippen molar-refractivity contribution in [1.82, 2.24) is 5.32 Å². The molecule has 0 bridgehead atoms. The zero-order valence-corrected chi connectivity index (χ0v) is 8.36. The number of rotatable bonds is 0. The topological polar surface area (TPSA) is 24.4 Å². The number of nitrogens with zero attached hydrogens (tertiary/aromatic N) is 1. The smallest absolute Gasteiger partial charge is 0.0935 e. The van der Waals surface area contributed by atoms with E-state index in [-0.39, 0.29) is 5.54 Å². The number of hydrogen-bond acceptors (Lipinski definition) is 2. The van der Waals surface area contributed by atoms with E-state index in [4.69, 9.17) is 0 Å². The Bertz CT molecular complexity index is 136. The molecule has 1 heterocycles. The van der Waals surface area contributed by atoms with Gasteiger partial charge >= 0.3 is 0 Å². The van der Waals surface area contributed by atoms with E-state index in [1.807, 2.05) is 20.8 Å². The monoisotopic (exact) mass is 156 g/mol. The van der Waals surface area contributed by atoms with Crippen LogP contribution < -0.4 is 5.32 Å². The van der Waals surface area contributed by atoms with Gasteiger partial charge in [0, 0.05) is 12.1 Å². The molecule has 1 aliphatic heterocycles. The van der Waals surface area contributed by atoms with E-state index < -0.39 is 0 Å². The van der Waals surface area contributed by atoms with Gasteiger partial charge in [0.1, 0.15) is 0 Å². The Balaban J connectivity index is 0.000000461. The number of aliphatic imine (C=N–C) groups is 1. The van der Waals surface area contributed by atoms with Crippen LogP contribution >= 0.6 is 0 Å². The van der Waals surface area contributed by atoms with E-state index in [2.05, 4.69) is 24.2 Å². The molecule has 11 heavy (non-hydrogen) atoms. The number of hydrogen-bond donors (Lipinski definition) is 1. The number of amidine groups is 1. The molecule has 0 fully saturated rings. The molecule has 66 valence electrons. The first-order valence-corrected chi connectivity index (χ1v) is 4.39. The minimum absolute atomic E-state index is 0.270. The highest BCUT2D eigenvalue weighted by molar-refractivity contribution is 5.80. The highest BCUT2D eigenvalue weighted by Crippen LogP contribution is 2.11. The van der Waals surface area contributed by atoms with Crippen LogP contribution in [0.15, 0.2) is 4.99 Å². The van der Waals surface area contributed by atoms with Gasteiger partial charge < -0.3 is 5.32 Å². The minimum Gasteiger partial charge on any atom is -0.369 e. The second-order valence-electron chi connectivity index (χ2n) is 3.23. The zero-order chi connectivity index (χ0) is 8.91. The summed E-state index contributed by atoms with van der Waals surface area (Å²) >= 11 is 0. The second-order valence-corrected chi connectivity index (χ2v) is 3.23. The minimum atomic E-state index is 0.270. The molecule has 0 radical (unpaired) electrons. The van der Waals surface area contributed by atoms with Crippen LogP contribution in [-0.2, 0) is 0 Å². The largest absolute Gasteiger partial charge is 0.369 e. The molecule has 0 aromatic heterocycles. The van der Waals surface area contributed by atoms with Crippen molar-refractivity contribution in [2.45, 2.75) is 46.6 Å². The highest BCUT2D eigenvalue weighted by Gasteiger charge is 2.19. The summed E-state index contributed by atoms with van der Waals surface area (Å²) in [7, 11) is 0. The van der Waals surface area contributed by atoms with Gasteiger partial charge in [-0.15, -0.1) is 0 Å². The van der Waals surface area contributed by atoms with Crippen LogP contribution in [0.4, 0.5) is 0 Å². The third-order valence-corrected chi connectivity index (χ3v) is 1.61. The van der Waals surface area contributed by atoms with Gasteiger partial charge in [-0.25, -0.2) is 0 Å². The summed E-state index contributed by atoms with van der Waals surface area (Å²) in [5, 5.41) is 3.31. The van der Waals surface area contributed by atoms with Gasteiger partial charge in [-0.1, -0.05) is 13.8 Å². The summed E-state index contributed by atoms with van der Waals surface area (Å²) in [6, 6.07) is 0. The third kappa shape index (κ3) is 4.02. The first-order valence-electron chi connectivity index (χ1n) is 4.39. The van der Waals surface area contributed by atoms with Gasteiger partial charge in [-0.05, 0) is 27.2 Å². The SMILES string of the molecule is CC.CC1=NCCC(C)(C)N1. The molecule has 0 unspecified atom stereocenters. The van der Waals surface area contributed by atoms with Gasteiger partial charge in [0.15, 0.2) is 0 Å². The fourth-order valence-corrected chi connectivity index (χ4v) is 1.09. The summed E-state index contributed by atoms with van der Waals surface area (Å²) < 4.78 is 0. The molecular formula is C9H20N2. The maximum absolute atomic E-state index is 4.23. The molecule has 1 N–H and O–H groups in total. The van der Waals surface area contributed by atoms with E-state index >= 15 is 0 Å². The molecule has 0 spiro atoms. The van der Waals surface area contributed by atoms with Crippen molar-refractivity contribution in [2.24, 2.45) is 4.99 Å². The van der Waals surface area contributed by atoms with Crippen molar-refractivity contribution in [3.05, 3.63) is 0 Å². The van der Waals surface area contributed by atoms with Crippen LogP contribution in [-0.4, -0.2) is 17.9 Å². The van der Waals surface area contributed by atoms with Crippen LogP contribution in [0, 0.1) is 0 Å². The fourth-order valence-electron chi connectivity index (χ4n) is 1.09. The maximum Gasteiger partial charge on any atom is 0.0935 e. The lowest BCUT2D eigenvalue weighted by Gasteiger charge is -2.30. The van der Waals surface area contributed by atoms with Crippen LogP contribution in [0.2, 0.25) is 0 Å². The standard InChI is InChI=1S/C7H14N2.C2H6/c1-6-8-5-4-7(2,3)9-6;1-2/h4-5H2,1-3H3,(H,8,9);1-2H3. The third-order valence-electron chi connectivity index (χ3n) is 1.61. The quantitative estimate of drug-likeness (QED) is 0.571. The Hall–Kier alpha value is -0.530. The molecule has 0 atom stereocenters. The van der Waals surface area contributed by atoms with Gasteiger partial charge in [0.25, 0.3) is 0 Å². The maximum atomic E-state index is 4.23. The van der Waals surface area contributed by atoms with E-state index in [0.717, 1.165) is 18.8 Å². The average Bonchev–Trinajstić information content (AvgIpc) is 1.89. The zero-order valence-electron chi connectivity index (χ0n) is 8.36. The second kappa shape index (κ2) is 4.37. The average molecular weight is 156 g/mol. The molecule has 0 aromatic carbocycles. The van der Waals surface area contributed by atoms with Gasteiger partial charge in [-0.3, -0.25) is 4.99 Å². The van der Waals surface area contributed by atoms with Crippen molar-refractivity contribution < 1.29 is 0 Å². The Kier molecular flexibility index (Phi) is 4.16. The Morgan fingerprint density at radius 1 is 1.36 bits per heavy atom. The van der Waals surface area contributed by atoms with Crippen molar-refractivity contribution in [2.75, 3.05) is 6.54 Å². The predicted octanol–water partition coefficient (Wildman–Crippen LogP) is 2.20. The Labute approximate surface area is 70.1 Å². The normalized spacial score (nSPS) is 20.6. The van der Waals surface area contributed by atoms with Crippen molar-refractivity contribution >= 4 is 5.84 Å². The highest BCUT2D eigenvalue weighted by atomic mass is 15.1.